The van der Waals surface area contributed by atoms with Crippen molar-refractivity contribution < 1.29 is 4.74 Å². The second kappa shape index (κ2) is 8.89. The van der Waals surface area contributed by atoms with E-state index in [0.29, 0.717) is 12.1 Å². The van der Waals surface area contributed by atoms with E-state index in [2.05, 4.69) is 31.1 Å². The molecule has 0 aliphatic heterocycles. The van der Waals surface area contributed by atoms with Crippen molar-refractivity contribution in [2.75, 3.05) is 33.9 Å². The summed E-state index contributed by atoms with van der Waals surface area (Å²) >= 11 is 0. The van der Waals surface area contributed by atoms with Crippen LogP contribution in [-0.2, 0) is 4.74 Å². The van der Waals surface area contributed by atoms with Crippen LogP contribution < -0.4 is 5.32 Å². The summed E-state index contributed by atoms with van der Waals surface area (Å²) < 4.78 is 5.22. The van der Waals surface area contributed by atoms with E-state index in [1.807, 2.05) is 0 Å². The SMILES string of the molecule is CNC(CN(CCOC)C(C)C)C1CCCCC1. The Morgan fingerprint density at radius 1 is 1.22 bits per heavy atom. The van der Waals surface area contributed by atoms with Crippen LogP contribution in [0.2, 0.25) is 0 Å². The summed E-state index contributed by atoms with van der Waals surface area (Å²) in [4.78, 5) is 2.54. The summed E-state index contributed by atoms with van der Waals surface area (Å²) in [7, 11) is 3.91. The number of hydrogen-bond donors (Lipinski definition) is 1. The second-order valence-corrected chi connectivity index (χ2v) is 5.87. The predicted octanol–water partition coefficient (Wildman–Crippen LogP) is 2.51. The number of ether oxygens (including phenoxy) is 1. The zero-order valence-corrected chi connectivity index (χ0v) is 12.7. The third-order valence-electron chi connectivity index (χ3n) is 4.33. The lowest BCUT2D eigenvalue weighted by Crippen LogP contribution is -2.47. The Morgan fingerprint density at radius 3 is 2.39 bits per heavy atom. The predicted molar refractivity (Wildman–Crippen MR) is 78.0 cm³/mol. The van der Waals surface area contributed by atoms with Crippen molar-refractivity contribution in [3.05, 3.63) is 0 Å². The van der Waals surface area contributed by atoms with E-state index in [-0.39, 0.29) is 0 Å². The standard InChI is InChI=1S/C15H32N2O/c1-13(2)17(10-11-18-4)12-15(16-3)14-8-6-5-7-9-14/h13-16H,5-12H2,1-4H3. The van der Waals surface area contributed by atoms with E-state index in [1.54, 1.807) is 7.11 Å². The minimum atomic E-state index is 0.597. The van der Waals surface area contributed by atoms with Crippen molar-refractivity contribution in [2.24, 2.45) is 5.92 Å². The summed E-state index contributed by atoms with van der Waals surface area (Å²) in [6, 6.07) is 1.24. The van der Waals surface area contributed by atoms with E-state index < -0.39 is 0 Å². The van der Waals surface area contributed by atoms with Gasteiger partial charge in [0.15, 0.2) is 0 Å². The molecule has 0 saturated heterocycles. The Balaban J connectivity index is 2.46. The minimum absolute atomic E-state index is 0.597. The zero-order chi connectivity index (χ0) is 13.4. The van der Waals surface area contributed by atoms with Gasteiger partial charge in [-0.25, -0.2) is 0 Å². The van der Waals surface area contributed by atoms with Gasteiger partial charge >= 0.3 is 0 Å². The maximum absolute atomic E-state index is 5.22. The van der Waals surface area contributed by atoms with E-state index in [0.717, 1.165) is 25.6 Å². The second-order valence-electron chi connectivity index (χ2n) is 5.87. The Hall–Kier alpha value is -0.120. The molecule has 3 nitrogen and oxygen atoms in total. The number of hydrogen-bond acceptors (Lipinski definition) is 3. The summed E-state index contributed by atoms with van der Waals surface area (Å²) in [6.07, 6.45) is 7.08. The number of nitrogens with zero attached hydrogens (tertiary/aromatic N) is 1. The lowest BCUT2D eigenvalue weighted by Gasteiger charge is -2.36. The Bertz CT molecular complexity index is 203. The van der Waals surface area contributed by atoms with Crippen molar-refractivity contribution >= 4 is 0 Å². The Labute approximate surface area is 113 Å². The van der Waals surface area contributed by atoms with Crippen molar-refractivity contribution in [3.8, 4) is 0 Å². The molecule has 1 atom stereocenters. The maximum atomic E-state index is 5.22. The minimum Gasteiger partial charge on any atom is -0.383 e. The molecule has 1 aliphatic carbocycles. The average molecular weight is 256 g/mol. The molecule has 1 unspecified atom stereocenters. The van der Waals surface area contributed by atoms with Crippen LogP contribution in [0.15, 0.2) is 0 Å². The molecule has 1 fully saturated rings. The van der Waals surface area contributed by atoms with E-state index in [4.69, 9.17) is 4.74 Å². The highest BCUT2D eigenvalue weighted by atomic mass is 16.5. The summed E-state index contributed by atoms with van der Waals surface area (Å²) in [6.45, 7) is 7.59. The molecule has 0 amide bonds. The molecule has 0 aromatic rings. The van der Waals surface area contributed by atoms with Crippen molar-refractivity contribution in [1.82, 2.24) is 10.2 Å². The highest BCUT2D eigenvalue weighted by molar-refractivity contribution is 4.82. The van der Waals surface area contributed by atoms with Crippen LogP contribution in [0, 0.1) is 5.92 Å². The highest BCUT2D eigenvalue weighted by Crippen LogP contribution is 2.27. The van der Waals surface area contributed by atoms with Crippen molar-refractivity contribution in [1.29, 1.82) is 0 Å². The molecule has 1 aliphatic rings. The number of nitrogens with one attached hydrogen (secondary N) is 1. The van der Waals surface area contributed by atoms with Gasteiger partial charge in [-0.1, -0.05) is 19.3 Å². The van der Waals surface area contributed by atoms with Crippen LogP contribution in [0.1, 0.15) is 46.0 Å². The number of methoxy groups -OCH3 is 1. The van der Waals surface area contributed by atoms with Gasteiger partial charge in [-0.15, -0.1) is 0 Å². The van der Waals surface area contributed by atoms with Crippen LogP contribution in [0.5, 0.6) is 0 Å². The molecule has 108 valence electrons. The molecule has 18 heavy (non-hydrogen) atoms. The molecule has 1 N–H and O–H groups in total. The first-order valence-corrected chi connectivity index (χ1v) is 7.59. The third-order valence-corrected chi connectivity index (χ3v) is 4.33. The van der Waals surface area contributed by atoms with Gasteiger partial charge in [0.25, 0.3) is 0 Å². The molecular weight excluding hydrogens is 224 g/mol. The maximum Gasteiger partial charge on any atom is 0.0589 e. The first kappa shape index (κ1) is 15.9. The molecule has 0 aromatic carbocycles. The topological polar surface area (TPSA) is 24.5 Å². The summed E-state index contributed by atoms with van der Waals surface area (Å²) in [5.41, 5.74) is 0. The lowest BCUT2D eigenvalue weighted by molar-refractivity contribution is 0.109. The van der Waals surface area contributed by atoms with Gasteiger partial charge in [-0.3, -0.25) is 4.90 Å². The van der Waals surface area contributed by atoms with Gasteiger partial charge in [0.2, 0.25) is 0 Å². The van der Waals surface area contributed by atoms with Gasteiger partial charge in [-0.05, 0) is 39.7 Å². The monoisotopic (exact) mass is 256 g/mol. The van der Waals surface area contributed by atoms with Gasteiger partial charge in [0.1, 0.15) is 0 Å². The first-order chi connectivity index (χ1) is 8.69. The first-order valence-electron chi connectivity index (χ1n) is 7.59. The zero-order valence-electron chi connectivity index (χ0n) is 12.7. The van der Waals surface area contributed by atoms with Crippen LogP contribution in [0.3, 0.4) is 0 Å². The highest BCUT2D eigenvalue weighted by Gasteiger charge is 2.24. The third kappa shape index (κ3) is 5.25. The number of likely N-dealkylation sites (N-methyl/N-ethyl adjacent to an activating group) is 1. The smallest absolute Gasteiger partial charge is 0.0589 e. The molecule has 0 radical (unpaired) electrons. The summed E-state index contributed by atoms with van der Waals surface area (Å²) in [5.74, 6) is 0.868. The molecule has 0 heterocycles. The molecule has 3 heteroatoms. The largest absolute Gasteiger partial charge is 0.383 e. The van der Waals surface area contributed by atoms with Crippen LogP contribution >= 0.6 is 0 Å². The van der Waals surface area contributed by atoms with Crippen LogP contribution in [-0.4, -0.2) is 50.8 Å². The molecule has 1 rings (SSSR count). The molecule has 1 saturated carbocycles. The van der Waals surface area contributed by atoms with E-state index in [1.165, 1.54) is 32.1 Å². The normalized spacial score (nSPS) is 19.7. The van der Waals surface area contributed by atoms with E-state index >= 15 is 0 Å². The molecule has 0 bridgehead atoms. The molecular formula is C15H32N2O. The van der Waals surface area contributed by atoms with Crippen LogP contribution in [0.4, 0.5) is 0 Å². The van der Waals surface area contributed by atoms with Gasteiger partial charge in [0.05, 0.1) is 6.61 Å². The van der Waals surface area contributed by atoms with Gasteiger partial charge in [-0.2, -0.15) is 0 Å². The van der Waals surface area contributed by atoms with Crippen LogP contribution in [0.25, 0.3) is 0 Å². The fraction of sp³-hybridized carbons (Fsp3) is 1.00. The van der Waals surface area contributed by atoms with Crippen molar-refractivity contribution in [2.45, 2.75) is 58.0 Å². The summed E-state index contributed by atoms with van der Waals surface area (Å²) in [5, 5.41) is 3.55. The lowest BCUT2D eigenvalue weighted by atomic mass is 9.83. The Morgan fingerprint density at radius 2 is 1.89 bits per heavy atom. The Kier molecular flexibility index (Phi) is 7.87. The number of rotatable bonds is 8. The van der Waals surface area contributed by atoms with Crippen molar-refractivity contribution in [3.63, 3.8) is 0 Å². The van der Waals surface area contributed by atoms with E-state index in [9.17, 15) is 0 Å². The fourth-order valence-corrected chi connectivity index (χ4v) is 3.03. The quantitative estimate of drug-likeness (QED) is 0.722. The van der Waals surface area contributed by atoms with Gasteiger partial charge < -0.3 is 10.1 Å². The molecule has 0 spiro atoms. The fourth-order valence-electron chi connectivity index (χ4n) is 3.03. The average Bonchev–Trinajstić information content (AvgIpc) is 2.39. The van der Waals surface area contributed by atoms with Gasteiger partial charge in [0, 0.05) is 32.3 Å². The molecule has 0 aromatic heterocycles.